The average molecular weight is 350 g/mol. The number of hydrogen-bond donors (Lipinski definition) is 1. The van der Waals surface area contributed by atoms with Crippen LogP contribution in [0.15, 0.2) is 18.2 Å². The first-order chi connectivity index (χ1) is 12.0. The van der Waals surface area contributed by atoms with Crippen molar-refractivity contribution in [3.8, 4) is 5.75 Å². The molecule has 0 radical (unpaired) electrons. The van der Waals surface area contributed by atoms with Crippen LogP contribution >= 0.6 is 0 Å². The third-order valence-corrected chi connectivity index (χ3v) is 5.40. The van der Waals surface area contributed by atoms with Crippen LogP contribution in [0.2, 0.25) is 0 Å². The molecule has 2 bridgehead atoms. The number of carbonyl (C=O) groups is 1. The highest BCUT2D eigenvalue weighted by molar-refractivity contribution is 6.04. The number of piperidine rings is 3. The predicted octanol–water partition coefficient (Wildman–Crippen LogP) is 2.33. The van der Waals surface area contributed by atoms with E-state index in [0.717, 1.165) is 32.5 Å². The molecular weight excluding hydrogens is 330 g/mol. The van der Waals surface area contributed by atoms with E-state index in [4.69, 9.17) is 0 Å². The van der Waals surface area contributed by atoms with E-state index >= 15 is 0 Å². The number of halogens is 2. The van der Waals surface area contributed by atoms with Crippen LogP contribution in [0.4, 0.5) is 8.78 Å². The molecule has 2 aromatic rings. The molecule has 0 aliphatic carbocycles. The highest BCUT2D eigenvalue weighted by Gasteiger charge is 2.38. The van der Waals surface area contributed by atoms with Crippen LogP contribution in [-0.2, 0) is 0 Å². The molecule has 3 saturated heterocycles. The van der Waals surface area contributed by atoms with Crippen LogP contribution in [-0.4, -0.2) is 65.2 Å². The Kier molecular flexibility index (Phi) is 4.07. The van der Waals surface area contributed by atoms with Crippen molar-refractivity contribution < 1.29 is 18.3 Å². The summed E-state index contributed by atoms with van der Waals surface area (Å²) in [6.45, 7) is 0.245. The molecule has 3 fully saturated rings. The van der Waals surface area contributed by atoms with Crippen molar-refractivity contribution in [2.24, 2.45) is 5.92 Å². The SMILES string of the molecule is CN(C(=O)c1n[nH]c2cc(OC(F)F)ccc12)[C@@H]1CN2CCC1CC2. The summed E-state index contributed by atoms with van der Waals surface area (Å²) in [5, 5.41) is 7.47. The second-order valence-corrected chi connectivity index (χ2v) is 6.78. The Hall–Kier alpha value is -2.22. The number of hydrogen-bond acceptors (Lipinski definition) is 4. The number of aromatic nitrogens is 2. The van der Waals surface area contributed by atoms with Gasteiger partial charge in [-0.3, -0.25) is 9.89 Å². The Morgan fingerprint density at radius 1 is 1.40 bits per heavy atom. The summed E-state index contributed by atoms with van der Waals surface area (Å²) in [6, 6.07) is 4.64. The minimum Gasteiger partial charge on any atom is -0.435 e. The van der Waals surface area contributed by atoms with Gasteiger partial charge in [0, 0.05) is 31.1 Å². The molecule has 0 unspecified atom stereocenters. The number of fused-ring (bicyclic) bond motifs is 4. The summed E-state index contributed by atoms with van der Waals surface area (Å²) < 4.78 is 29.0. The molecule has 1 amide bonds. The smallest absolute Gasteiger partial charge is 0.387 e. The number of ether oxygens (including phenoxy) is 1. The van der Waals surface area contributed by atoms with Gasteiger partial charge in [-0.2, -0.15) is 13.9 Å². The van der Waals surface area contributed by atoms with Crippen molar-refractivity contribution in [2.45, 2.75) is 25.5 Å². The monoisotopic (exact) mass is 350 g/mol. The number of nitrogens with one attached hydrogen (secondary N) is 1. The number of likely N-dealkylation sites (N-methyl/N-ethyl adjacent to an activating group) is 1. The molecule has 1 N–H and O–H groups in total. The molecule has 1 aromatic heterocycles. The van der Waals surface area contributed by atoms with Gasteiger partial charge < -0.3 is 14.5 Å². The van der Waals surface area contributed by atoms with Crippen molar-refractivity contribution in [1.82, 2.24) is 20.0 Å². The lowest BCUT2D eigenvalue weighted by atomic mass is 9.83. The average Bonchev–Trinajstić information content (AvgIpc) is 3.04. The number of aromatic amines is 1. The zero-order chi connectivity index (χ0) is 17.6. The Morgan fingerprint density at radius 2 is 2.16 bits per heavy atom. The third kappa shape index (κ3) is 2.95. The lowest BCUT2D eigenvalue weighted by Gasteiger charge is -2.47. The topological polar surface area (TPSA) is 61.5 Å². The van der Waals surface area contributed by atoms with Crippen LogP contribution in [0.1, 0.15) is 23.3 Å². The maximum absolute atomic E-state index is 12.9. The second kappa shape index (κ2) is 6.25. The van der Waals surface area contributed by atoms with E-state index in [9.17, 15) is 13.6 Å². The molecule has 1 aromatic carbocycles. The van der Waals surface area contributed by atoms with Gasteiger partial charge >= 0.3 is 6.61 Å². The van der Waals surface area contributed by atoms with E-state index < -0.39 is 6.61 Å². The summed E-state index contributed by atoms with van der Waals surface area (Å²) in [5.41, 5.74) is 0.821. The molecule has 5 rings (SSSR count). The molecule has 1 atom stereocenters. The molecule has 6 nitrogen and oxygen atoms in total. The number of rotatable bonds is 4. The summed E-state index contributed by atoms with van der Waals surface area (Å²) >= 11 is 0. The fourth-order valence-electron chi connectivity index (χ4n) is 4.03. The summed E-state index contributed by atoms with van der Waals surface area (Å²) in [7, 11) is 1.82. The number of H-pyrrole nitrogens is 1. The molecule has 3 aliphatic heterocycles. The molecule has 8 heteroatoms. The molecule has 25 heavy (non-hydrogen) atoms. The van der Waals surface area contributed by atoms with Crippen molar-refractivity contribution in [3.05, 3.63) is 23.9 Å². The fraction of sp³-hybridized carbons (Fsp3) is 0.529. The van der Waals surface area contributed by atoms with Gasteiger partial charge in [0.05, 0.1) is 5.52 Å². The molecule has 4 heterocycles. The number of nitrogens with zero attached hydrogens (tertiary/aromatic N) is 3. The normalized spacial score (nSPS) is 25.5. The quantitative estimate of drug-likeness (QED) is 0.919. The summed E-state index contributed by atoms with van der Waals surface area (Å²) in [5.74, 6) is 0.429. The van der Waals surface area contributed by atoms with Crippen LogP contribution in [0.5, 0.6) is 5.75 Å². The largest absolute Gasteiger partial charge is 0.435 e. The zero-order valence-electron chi connectivity index (χ0n) is 13.9. The predicted molar refractivity (Wildman–Crippen MR) is 87.8 cm³/mol. The van der Waals surface area contributed by atoms with Gasteiger partial charge in [0.2, 0.25) is 0 Å². The summed E-state index contributed by atoms with van der Waals surface area (Å²) in [4.78, 5) is 17.1. The van der Waals surface area contributed by atoms with E-state index in [1.165, 1.54) is 12.1 Å². The first kappa shape index (κ1) is 16.3. The molecule has 134 valence electrons. The van der Waals surface area contributed by atoms with Crippen molar-refractivity contribution in [1.29, 1.82) is 0 Å². The van der Waals surface area contributed by atoms with Gasteiger partial charge in [0.15, 0.2) is 5.69 Å². The summed E-state index contributed by atoms with van der Waals surface area (Å²) in [6.07, 6.45) is 2.25. The van der Waals surface area contributed by atoms with Crippen LogP contribution in [0.3, 0.4) is 0 Å². The van der Waals surface area contributed by atoms with Crippen molar-refractivity contribution in [3.63, 3.8) is 0 Å². The van der Waals surface area contributed by atoms with Crippen LogP contribution < -0.4 is 4.74 Å². The Bertz CT molecular complexity index is 786. The van der Waals surface area contributed by atoms with E-state index in [1.54, 1.807) is 11.0 Å². The van der Waals surface area contributed by atoms with E-state index in [2.05, 4.69) is 19.8 Å². The zero-order valence-corrected chi connectivity index (χ0v) is 13.9. The first-order valence-corrected chi connectivity index (χ1v) is 8.45. The van der Waals surface area contributed by atoms with Gasteiger partial charge in [-0.05, 0) is 44.0 Å². The number of carbonyl (C=O) groups excluding carboxylic acids is 1. The number of alkyl halides is 2. The van der Waals surface area contributed by atoms with Gasteiger partial charge in [0.1, 0.15) is 5.75 Å². The maximum atomic E-state index is 12.9. The van der Waals surface area contributed by atoms with Crippen LogP contribution in [0, 0.1) is 5.92 Å². The maximum Gasteiger partial charge on any atom is 0.387 e. The molecule has 0 spiro atoms. The standard InChI is InChI=1S/C17H20F2N4O2/c1-22(14-9-23-6-4-10(14)5-7-23)16(24)15-12-3-2-11(25-17(18)19)8-13(12)20-21-15/h2-3,8,10,14,17H,4-7,9H2,1H3,(H,20,21)/t14-/m1/s1. The highest BCUT2D eigenvalue weighted by atomic mass is 19.3. The highest BCUT2D eigenvalue weighted by Crippen LogP contribution is 2.31. The Balaban J connectivity index is 1.57. The van der Waals surface area contributed by atoms with Gasteiger partial charge in [-0.1, -0.05) is 0 Å². The van der Waals surface area contributed by atoms with E-state index in [-0.39, 0.29) is 17.7 Å². The molecular formula is C17H20F2N4O2. The Labute approximate surface area is 143 Å². The minimum absolute atomic E-state index is 0.0379. The van der Waals surface area contributed by atoms with Gasteiger partial charge in [-0.15, -0.1) is 0 Å². The third-order valence-electron chi connectivity index (χ3n) is 5.40. The minimum atomic E-state index is -2.88. The molecule has 0 saturated carbocycles. The van der Waals surface area contributed by atoms with Gasteiger partial charge in [0.25, 0.3) is 5.91 Å². The fourth-order valence-corrected chi connectivity index (χ4v) is 4.03. The van der Waals surface area contributed by atoms with Crippen molar-refractivity contribution >= 4 is 16.8 Å². The number of benzene rings is 1. The van der Waals surface area contributed by atoms with E-state index in [0.29, 0.717) is 22.5 Å². The van der Waals surface area contributed by atoms with E-state index in [1.807, 2.05) is 7.05 Å². The second-order valence-electron chi connectivity index (χ2n) is 6.78. The molecule has 3 aliphatic rings. The lowest BCUT2D eigenvalue weighted by molar-refractivity contribution is -0.0497. The van der Waals surface area contributed by atoms with Crippen LogP contribution in [0.25, 0.3) is 10.9 Å². The van der Waals surface area contributed by atoms with Gasteiger partial charge in [-0.25, -0.2) is 0 Å². The Morgan fingerprint density at radius 3 is 2.80 bits per heavy atom. The van der Waals surface area contributed by atoms with Crippen molar-refractivity contribution in [2.75, 3.05) is 26.7 Å². The lowest BCUT2D eigenvalue weighted by Crippen LogP contribution is -2.57. The number of amides is 1. The first-order valence-electron chi connectivity index (χ1n) is 8.45.